The van der Waals surface area contributed by atoms with Gasteiger partial charge in [0.2, 0.25) is 15.9 Å². The Morgan fingerprint density at radius 3 is 2.29 bits per heavy atom. The molecule has 6 nitrogen and oxygen atoms in total. The van der Waals surface area contributed by atoms with Crippen molar-refractivity contribution in [1.29, 1.82) is 0 Å². The molecule has 24 heavy (non-hydrogen) atoms. The molecule has 0 saturated carbocycles. The van der Waals surface area contributed by atoms with E-state index in [4.69, 9.17) is 11.6 Å². The Kier molecular flexibility index (Phi) is 5.78. The molecule has 1 heterocycles. The summed E-state index contributed by atoms with van der Waals surface area (Å²) in [7, 11) is -1.63. The fourth-order valence-electron chi connectivity index (χ4n) is 2.86. The lowest BCUT2D eigenvalue weighted by Crippen LogP contribution is -2.50. The van der Waals surface area contributed by atoms with Crippen LogP contribution < -0.4 is 4.31 Å². The van der Waals surface area contributed by atoms with Crippen molar-refractivity contribution in [3.8, 4) is 0 Å². The van der Waals surface area contributed by atoms with E-state index in [-0.39, 0.29) is 12.5 Å². The molecule has 1 fully saturated rings. The smallest absolute Gasteiger partial charge is 0.243 e. The number of rotatable bonds is 4. The van der Waals surface area contributed by atoms with Crippen molar-refractivity contribution < 1.29 is 13.2 Å². The highest BCUT2D eigenvalue weighted by atomic mass is 35.5. The Balaban J connectivity index is 2.30. The van der Waals surface area contributed by atoms with Gasteiger partial charge in [-0.25, -0.2) is 8.42 Å². The standard InChI is InChI=1S/C16H24ClN3O3S/c1-12-9-13(2)16(14(17)10-12)20(24(4,22)23)11-15(21)19-7-5-18(3)6-8-19/h9-10H,5-8,11H2,1-4H3. The zero-order valence-electron chi connectivity index (χ0n) is 14.5. The van der Waals surface area contributed by atoms with Crippen LogP contribution in [0.15, 0.2) is 12.1 Å². The van der Waals surface area contributed by atoms with E-state index in [9.17, 15) is 13.2 Å². The third-order valence-corrected chi connectivity index (χ3v) is 5.58. The van der Waals surface area contributed by atoms with Gasteiger partial charge in [0.05, 0.1) is 17.0 Å². The van der Waals surface area contributed by atoms with Crippen LogP contribution in [-0.2, 0) is 14.8 Å². The minimum atomic E-state index is -3.63. The van der Waals surface area contributed by atoms with Gasteiger partial charge in [-0.1, -0.05) is 17.7 Å². The van der Waals surface area contributed by atoms with Gasteiger partial charge < -0.3 is 9.80 Å². The Bertz CT molecular complexity index is 705. The van der Waals surface area contributed by atoms with Crippen LogP contribution in [-0.4, -0.2) is 70.2 Å². The normalized spacial score (nSPS) is 16.3. The summed E-state index contributed by atoms with van der Waals surface area (Å²) < 4.78 is 25.7. The Labute approximate surface area is 149 Å². The van der Waals surface area contributed by atoms with E-state index in [1.54, 1.807) is 17.9 Å². The van der Waals surface area contributed by atoms with Crippen molar-refractivity contribution >= 4 is 33.2 Å². The first kappa shape index (κ1) is 19.0. The van der Waals surface area contributed by atoms with Crippen molar-refractivity contribution in [2.24, 2.45) is 0 Å². The van der Waals surface area contributed by atoms with Gasteiger partial charge in [-0.2, -0.15) is 0 Å². The average Bonchev–Trinajstić information content (AvgIpc) is 2.44. The second kappa shape index (κ2) is 7.29. The predicted octanol–water partition coefficient (Wildman–Crippen LogP) is 1.50. The lowest BCUT2D eigenvalue weighted by molar-refractivity contribution is -0.131. The van der Waals surface area contributed by atoms with Crippen LogP contribution in [0.2, 0.25) is 5.02 Å². The Hall–Kier alpha value is -1.31. The molecule has 2 rings (SSSR count). The summed E-state index contributed by atoms with van der Waals surface area (Å²) in [5.74, 6) is -0.204. The van der Waals surface area contributed by atoms with Crippen LogP contribution >= 0.6 is 11.6 Å². The number of sulfonamides is 1. The average molecular weight is 374 g/mol. The molecule has 0 aromatic heterocycles. The number of likely N-dealkylation sites (N-methyl/N-ethyl adjacent to an activating group) is 1. The molecule has 1 amide bonds. The number of nitrogens with zero attached hydrogens (tertiary/aromatic N) is 3. The molecular formula is C16H24ClN3O3S. The van der Waals surface area contributed by atoms with Crippen molar-refractivity contribution in [3.63, 3.8) is 0 Å². The maximum atomic E-state index is 12.6. The highest BCUT2D eigenvalue weighted by Gasteiger charge is 2.28. The quantitative estimate of drug-likeness (QED) is 0.802. The van der Waals surface area contributed by atoms with E-state index in [1.807, 2.05) is 20.0 Å². The van der Waals surface area contributed by atoms with Crippen molar-refractivity contribution in [2.75, 3.05) is 50.3 Å². The van der Waals surface area contributed by atoms with Gasteiger partial charge in [0.25, 0.3) is 0 Å². The highest BCUT2D eigenvalue weighted by molar-refractivity contribution is 7.92. The lowest BCUT2D eigenvalue weighted by Gasteiger charge is -2.34. The van der Waals surface area contributed by atoms with E-state index in [0.29, 0.717) is 23.8 Å². The van der Waals surface area contributed by atoms with Crippen LogP contribution in [0.5, 0.6) is 0 Å². The molecule has 0 radical (unpaired) electrons. The van der Waals surface area contributed by atoms with E-state index in [2.05, 4.69) is 4.90 Å². The summed E-state index contributed by atoms with van der Waals surface area (Å²) in [6.45, 7) is 6.24. The van der Waals surface area contributed by atoms with E-state index < -0.39 is 10.0 Å². The third-order valence-electron chi connectivity index (χ3n) is 4.18. The highest BCUT2D eigenvalue weighted by Crippen LogP contribution is 2.32. The summed E-state index contributed by atoms with van der Waals surface area (Å²) >= 11 is 6.29. The van der Waals surface area contributed by atoms with Crippen LogP contribution in [0.3, 0.4) is 0 Å². The molecule has 0 spiro atoms. The number of carbonyl (C=O) groups excluding carboxylic acids is 1. The summed E-state index contributed by atoms with van der Waals surface area (Å²) in [6.07, 6.45) is 1.10. The van der Waals surface area contributed by atoms with Crippen LogP contribution in [0, 0.1) is 13.8 Å². The molecule has 0 aliphatic carbocycles. The van der Waals surface area contributed by atoms with E-state index >= 15 is 0 Å². The monoisotopic (exact) mass is 373 g/mol. The summed E-state index contributed by atoms with van der Waals surface area (Å²) in [6, 6.07) is 3.57. The number of hydrogen-bond acceptors (Lipinski definition) is 4. The molecule has 1 aromatic rings. The molecule has 0 bridgehead atoms. The first-order valence-electron chi connectivity index (χ1n) is 7.80. The summed E-state index contributed by atoms with van der Waals surface area (Å²) in [5, 5.41) is 0.337. The number of piperazine rings is 1. The number of amides is 1. The maximum Gasteiger partial charge on any atom is 0.243 e. The molecule has 0 atom stereocenters. The van der Waals surface area contributed by atoms with E-state index in [1.165, 1.54) is 0 Å². The first-order chi connectivity index (χ1) is 11.1. The van der Waals surface area contributed by atoms with Crippen LogP contribution in [0.1, 0.15) is 11.1 Å². The van der Waals surface area contributed by atoms with Gasteiger partial charge in [-0.3, -0.25) is 9.10 Å². The van der Waals surface area contributed by atoms with Gasteiger partial charge in [0.15, 0.2) is 0 Å². The van der Waals surface area contributed by atoms with Crippen LogP contribution in [0.4, 0.5) is 5.69 Å². The SMILES string of the molecule is Cc1cc(C)c(N(CC(=O)N2CCN(C)CC2)S(C)(=O)=O)c(Cl)c1. The molecule has 134 valence electrons. The number of benzene rings is 1. The van der Waals surface area contributed by atoms with Gasteiger partial charge in [-0.15, -0.1) is 0 Å². The van der Waals surface area contributed by atoms with Gasteiger partial charge in [0, 0.05) is 26.2 Å². The van der Waals surface area contributed by atoms with Gasteiger partial charge >= 0.3 is 0 Å². The van der Waals surface area contributed by atoms with Crippen molar-refractivity contribution in [3.05, 3.63) is 28.3 Å². The largest absolute Gasteiger partial charge is 0.339 e. The molecule has 0 unspecified atom stereocenters. The molecular weight excluding hydrogens is 350 g/mol. The number of aryl methyl sites for hydroxylation is 2. The summed E-state index contributed by atoms with van der Waals surface area (Å²) in [4.78, 5) is 16.4. The molecule has 1 saturated heterocycles. The topological polar surface area (TPSA) is 60.9 Å². The number of anilines is 1. The lowest BCUT2D eigenvalue weighted by atomic mass is 10.1. The zero-order chi connectivity index (χ0) is 18.1. The fraction of sp³-hybridized carbons (Fsp3) is 0.562. The minimum absolute atomic E-state index is 0.204. The number of halogens is 1. The van der Waals surface area contributed by atoms with Crippen molar-refractivity contribution in [1.82, 2.24) is 9.80 Å². The predicted molar refractivity (Wildman–Crippen MR) is 97.2 cm³/mol. The van der Waals surface area contributed by atoms with Crippen molar-refractivity contribution in [2.45, 2.75) is 13.8 Å². The van der Waals surface area contributed by atoms with Crippen LogP contribution in [0.25, 0.3) is 0 Å². The third kappa shape index (κ3) is 4.40. The molecule has 1 aliphatic heterocycles. The van der Waals surface area contributed by atoms with Gasteiger partial charge in [-0.05, 0) is 38.1 Å². The minimum Gasteiger partial charge on any atom is -0.339 e. The number of carbonyl (C=O) groups is 1. The Morgan fingerprint density at radius 2 is 1.79 bits per heavy atom. The fourth-order valence-corrected chi connectivity index (χ4v) is 4.26. The summed E-state index contributed by atoms with van der Waals surface area (Å²) in [5.41, 5.74) is 2.06. The van der Waals surface area contributed by atoms with Gasteiger partial charge in [0.1, 0.15) is 6.54 Å². The second-order valence-electron chi connectivity index (χ2n) is 6.37. The maximum absolute atomic E-state index is 12.6. The van der Waals surface area contributed by atoms with E-state index in [0.717, 1.165) is 34.8 Å². The number of hydrogen-bond donors (Lipinski definition) is 0. The second-order valence-corrected chi connectivity index (χ2v) is 8.68. The Morgan fingerprint density at radius 1 is 1.21 bits per heavy atom. The first-order valence-corrected chi connectivity index (χ1v) is 10.0. The zero-order valence-corrected chi connectivity index (χ0v) is 16.1. The molecule has 8 heteroatoms. The molecule has 0 N–H and O–H groups in total. The molecule has 1 aliphatic rings. The molecule has 1 aromatic carbocycles.